The van der Waals surface area contributed by atoms with Crippen LogP contribution in [0.25, 0.3) is 0 Å². The molecule has 0 aliphatic carbocycles. The normalized spacial score (nSPS) is 12.3. The highest BCUT2D eigenvalue weighted by Crippen LogP contribution is 2.32. The molecule has 1 N–H and O–H groups in total. The largest absolute Gasteiger partial charge is 0.481 e. The number of carbonyl (C=O) groups excluding carboxylic acids is 1. The minimum Gasteiger partial charge on any atom is -0.481 e. The quantitative estimate of drug-likeness (QED) is 0.687. The molecule has 134 valence electrons. The molecule has 2 rings (SSSR count). The summed E-state index contributed by atoms with van der Waals surface area (Å²) in [5, 5.41) is 3.72. The van der Waals surface area contributed by atoms with Crippen molar-refractivity contribution in [3.8, 4) is 5.75 Å². The maximum Gasteiger partial charge on any atom is 0.265 e. The number of para-hydroxylation sites is 1. The lowest BCUT2D eigenvalue weighted by molar-refractivity contribution is -0.122. The molecular formula is C21H26ClNO2. The lowest BCUT2D eigenvalue weighted by atomic mass is 9.92. The molecule has 0 bridgehead atoms. The van der Waals surface area contributed by atoms with Gasteiger partial charge in [0.05, 0.1) is 0 Å². The SMILES string of the molecule is CC(Oc1ccc(Cl)cc1)C(=O)Nc1c(C(C)C)cccc1C(C)C. The van der Waals surface area contributed by atoms with Crippen molar-refractivity contribution >= 4 is 23.2 Å². The Morgan fingerprint density at radius 1 is 0.920 bits per heavy atom. The Labute approximate surface area is 155 Å². The van der Waals surface area contributed by atoms with Crippen LogP contribution < -0.4 is 10.1 Å². The molecule has 0 heterocycles. The molecular weight excluding hydrogens is 334 g/mol. The van der Waals surface area contributed by atoms with Crippen molar-refractivity contribution in [3.63, 3.8) is 0 Å². The lowest BCUT2D eigenvalue weighted by Gasteiger charge is -2.22. The van der Waals surface area contributed by atoms with Crippen LogP contribution in [0.15, 0.2) is 42.5 Å². The van der Waals surface area contributed by atoms with E-state index in [1.54, 1.807) is 31.2 Å². The van der Waals surface area contributed by atoms with Crippen molar-refractivity contribution < 1.29 is 9.53 Å². The van der Waals surface area contributed by atoms with Gasteiger partial charge in [0.25, 0.3) is 5.91 Å². The second kappa shape index (κ2) is 8.39. The Kier molecular flexibility index (Phi) is 6.49. The third-order valence-corrected chi connectivity index (χ3v) is 4.37. The van der Waals surface area contributed by atoms with E-state index in [0.29, 0.717) is 22.6 Å². The zero-order valence-corrected chi connectivity index (χ0v) is 16.2. The summed E-state index contributed by atoms with van der Waals surface area (Å²) in [6.07, 6.45) is -0.610. The summed E-state index contributed by atoms with van der Waals surface area (Å²) < 4.78 is 5.73. The maximum atomic E-state index is 12.7. The number of amides is 1. The van der Waals surface area contributed by atoms with Gasteiger partial charge >= 0.3 is 0 Å². The van der Waals surface area contributed by atoms with Crippen molar-refractivity contribution in [3.05, 3.63) is 58.6 Å². The minimum absolute atomic E-state index is 0.162. The first kappa shape index (κ1) is 19.3. The Balaban J connectivity index is 2.20. The summed E-state index contributed by atoms with van der Waals surface area (Å²) in [5.74, 6) is 1.10. The average Bonchev–Trinajstić information content (AvgIpc) is 2.56. The second-order valence-electron chi connectivity index (χ2n) is 6.82. The van der Waals surface area contributed by atoms with Crippen LogP contribution in [0.1, 0.15) is 57.6 Å². The third-order valence-electron chi connectivity index (χ3n) is 4.12. The third kappa shape index (κ3) is 4.99. The van der Waals surface area contributed by atoms with E-state index in [0.717, 1.165) is 16.8 Å². The van der Waals surface area contributed by atoms with Crippen LogP contribution in [-0.2, 0) is 4.79 Å². The number of nitrogens with one attached hydrogen (secondary N) is 1. The van der Waals surface area contributed by atoms with Crippen molar-refractivity contribution in [2.45, 2.75) is 52.6 Å². The van der Waals surface area contributed by atoms with E-state index >= 15 is 0 Å². The smallest absolute Gasteiger partial charge is 0.265 e. The topological polar surface area (TPSA) is 38.3 Å². The number of anilines is 1. The van der Waals surface area contributed by atoms with Crippen LogP contribution in [0, 0.1) is 0 Å². The predicted molar refractivity (Wildman–Crippen MR) is 105 cm³/mol. The van der Waals surface area contributed by atoms with Crippen molar-refractivity contribution in [1.82, 2.24) is 0 Å². The number of hydrogen-bond acceptors (Lipinski definition) is 2. The van der Waals surface area contributed by atoms with Gasteiger partial charge < -0.3 is 10.1 Å². The fourth-order valence-electron chi connectivity index (χ4n) is 2.69. The van der Waals surface area contributed by atoms with E-state index in [1.165, 1.54) is 0 Å². The number of halogens is 1. The fraction of sp³-hybridized carbons (Fsp3) is 0.381. The van der Waals surface area contributed by atoms with Gasteiger partial charge in [0, 0.05) is 10.7 Å². The molecule has 4 heteroatoms. The van der Waals surface area contributed by atoms with Crippen LogP contribution in [0.2, 0.25) is 5.02 Å². The molecule has 0 saturated carbocycles. The standard InChI is InChI=1S/C21H26ClNO2/c1-13(2)18-7-6-8-19(14(3)4)20(18)23-21(24)15(5)25-17-11-9-16(22)10-12-17/h6-15H,1-5H3,(H,23,24). The second-order valence-corrected chi connectivity index (χ2v) is 7.26. The molecule has 3 nitrogen and oxygen atoms in total. The number of ether oxygens (including phenoxy) is 1. The minimum atomic E-state index is -0.610. The number of benzene rings is 2. The van der Waals surface area contributed by atoms with Crippen LogP contribution in [0.5, 0.6) is 5.75 Å². The number of rotatable bonds is 6. The number of carbonyl (C=O) groups is 1. The molecule has 1 atom stereocenters. The molecule has 1 amide bonds. The molecule has 0 spiro atoms. The van der Waals surface area contributed by atoms with Gasteiger partial charge in [0.2, 0.25) is 0 Å². The molecule has 0 saturated heterocycles. The summed E-state index contributed by atoms with van der Waals surface area (Å²) >= 11 is 5.88. The maximum absolute atomic E-state index is 12.7. The van der Waals surface area contributed by atoms with Crippen LogP contribution in [0.3, 0.4) is 0 Å². The van der Waals surface area contributed by atoms with E-state index < -0.39 is 6.10 Å². The van der Waals surface area contributed by atoms with E-state index in [-0.39, 0.29) is 5.91 Å². The summed E-state index contributed by atoms with van der Waals surface area (Å²) in [5.41, 5.74) is 3.18. The van der Waals surface area contributed by atoms with Gasteiger partial charge in [0.15, 0.2) is 6.10 Å². The predicted octanol–water partition coefficient (Wildman–Crippen LogP) is 5.99. The van der Waals surface area contributed by atoms with E-state index in [2.05, 4.69) is 45.1 Å². The Bertz CT molecular complexity index is 697. The highest BCUT2D eigenvalue weighted by Gasteiger charge is 2.20. The first-order valence-corrected chi connectivity index (χ1v) is 9.03. The lowest BCUT2D eigenvalue weighted by Crippen LogP contribution is -2.31. The summed E-state index contributed by atoms with van der Waals surface area (Å²) in [7, 11) is 0. The molecule has 0 aromatic heterocycles. The summed E-state index contributed by atoms with van der Waals surface area (Å²) in [4.78, 5) is 12.7. The fourth-order valence-corrected chi connectivity index (χ4v) is 2.82. The van der Waals surface area contributed by atoms with E-state index in [1.807, 2.05) is 6.07 Å². The molecule has 0 aliphatic heterocycles. The van der Waals surface area contributed by atoms with E-state index in [4.69, 9.17) is 16.3 Å². The van der Waals surface area contributed by atoms with Crippen LogP contribution >= 0.6 is 11.6 Å². The zero-order valence-electron chi connectivity index (χ0n) is 15.5. The molecule has 0 radical (unpaired) electrons. The molecule has 2 aromatic rings. The Morgan fingerprint density at radius 3 is 1.92 bits per heavy atom. The number of hydrogen-bond donors (Lipinski definition) is 1. The summed E-state index contributed by atoms with van der Waals surface area (Å²) in [6.45, 7) is 10.3. The van der Waals surface area contributed by atoms with Crippen molar-refractivity contribution in [2.24, 2.45) is 0 Å². The van der Waals surface area contributed by atoms with Gasteiger partial charge in [-0.25, -0.2) is 0 Å². The molecule has 2 aromatic carbocycles. The first-order chi connectivity index (χ1) is 11.8. The van der Waals surface area contributed by atoms with E-state index in [9.17, 15) is 4.79 Å². The highest BCUT2D eigenvalue weighted by molar-refractivity contribution is 6.30. The average molecular weight is 360 g/mol. The van der Waals surface area contributed by atoms with Crippen LogP contribution in [-0.4, -0.2) is 12.0 Å². The van der Waals surface area contributed by atoms with Crippen molar-refractivity contribution in [1.29, 1.82) is 0 Å². The summed E-state index contributed by atoms with van der Waals surface area (Å²) in [6, 6.07) is 13.2. The van der Waals surface area contributed by atoms with Gasteiger partial charge in [-0.2, -0.15) is 0 Å². The monoisotopic (exact) mass is 359 g/mol. The molecule has 1 unspecified atom stereocenters. The van der Waals surface area contributed by atoms with Gasteiger partial charge in [-0.05, 0) is 54.2 Å². The van der Waals surface area contributed by atoms with Crippen LogP contribution in [0.4, 0.5) is 5.69 Å². The van der Waals surface area contributed by atoms with Gasteiger partial charge in [-0.15, -0.1) is 0 Å². The zero-order chi connectivity index (χ0) is 18.6. The molecule has 0 aliphatic rings. The first-order valence-electron chi connectivity index (χ1n) is 8.65. The van der Waals surface area contributed by atoms with Gasteiger partial charge in [0.1, 0.15) is 5.75 Å². The Hall–Kier alpha value is -2.00. The van der Waals surface area contributed by atoms with Crippen molar-refractivity contribution in [2.75, 3.05) is 5.32 Å². The highest BCUT2D eigenvalue weighted by atomic mass is 35.5. The van der Waals surface area contributed by atoms with Gasteiger partial charge in [-0.3, -0.25) is 4.79 Å². The van der Waals surface area contributed by atoms with Gasteiger partial charge in [-0.1, -0.05) is 57.5 Å². The molecule has 25 heavy (non-hydrogen) atoms. The Morgan fingerprint density at radius 2 is 1.44 bits per heavy atom. The molecule has 0 fully saturated rings.